The van der Waals surface area contributed by atoms with Crippen LogP contribution in [0.1, 0.15) is 36.8 Å². The monoisotopic (exact) mass is 283 g/mol. The van der Waals surface area contributed by atoms with Crippen LogP contribution < -0.4 is 4.74 Å². The fraction of sp³-hybridized carbons (Fsp3) is 0.500. The number of nitrogens with zero attached hydrogens (tertiary/aromatic N) is 1. The van der Waals surface area contributed by atoms with Gasteiger partial charge in [0.15, 0.2) is 11.6 Å². The third-order valence-electron chi connectivity index (χ3n) is 3.74. The molecule has 0 atom stereocenters. The number of hydrogen-bond acceptors (Lipinski definition) is 3. The third kappa shape index (κ3) is 2.26. The number of hydrogen-bond donors (Lipinski definition) is 0. The minimum Gasteiger partial charge on any atom is -0.492 e. The quantitative estimate of drug-likeness (QED) is 0.623. The molecule has 0 aliphatic heterocycles. The predicted octanol–water partition coefficient (Wildman–Crippen LogP) is 3.90. The molecule has 5 heteroatoms. The minimum absolute atomic E-state index is 0.0176. The van der Waals surface area contributed by atoms with Crippen LogP contribution in [-0.2, 0) is 10.3 Å². The molecule has 0 saturated heterocycles. The summed E-state index contributed by atoms with van der Waals surface area (Å²) in [4.78, 5) is 14.6. The predicted molar refractivity (Wildman–Crippen MR) is 71.0 cm³/mol. The average Bonchev–Trinajstić information content (AvgIpc) is 2.84. The van der Waals surface area contributed by atoms with Crippen molar-refractivity contribution in [2.45, 2.75) is 38.1 Å². The molecule has 0 amide bonds. The summed E-state index contributed by atoms with van der Waals surface area (Å²) < 4.78 is 19.6. The van der Waals surface area contributed by atoms with Gasteiger partial charge in [-0.3, -0.25) is 0 Å². The van der Waals surface area contributed by atoms with Crippen molar-refractivity contribution in [2.24, 2.45) is 4.99 Å². The van der Waals surface area contributed by atoms with E-state index in [1.807, 2.05) is 0 Å². The topological polar surface area (TPSA) is 38.7 Å². The second-order valence-electron chi connectivity index (χ2n) is 4.84. The van der Waals surface area contributed by atoms with Gasteiger partial charge in [0.2, 0.25) is 6.08 Å². The molecule has 19 heavy (non-hydrogen) atoms. The maximum absolute atomic E-state index is 14.5. The maximum Gasteiger partial charge on any atom is 0.235 e. The zero-order valence-corrected chi connectivity index (χ0v) is 11.7. The van der Waals surface area contributed by atoms with E-state index < -0.39 is 11.4 Å². The fourth-order valence-corrected chi connectivity index (χ4v) is 2.96. The second kappa shape index (κ2) is 5.32. The standard InChI is InChI=1S/C14H15ClFNO2/c1-9-7-10(12(16)13(19-2)11(9)15)14(17-8-18)5-3-4-6-14/h7H,3-6H2,1-2H3. The number of isocyanates is 1. The number of methoxy groups -OCH3 is 1. The third-order valence-corrected chi connectivity index (χ3v) is 4.21. The molecule has 1 aliphatic rings. The first kappa shape index (κ1) is 14.0. The largest absolute Gasteiger partial charge is 0.492 e. The summed E-state index contributed by atoms with van der Waals surface area (Å²) in [6.07, 6.45) is 4.69. The number of aryl methyl sites for hydroxylation is 1. The smallest absolute Gasteiger partial charge is 0.235 e. The lowest BCUT2D eigenvalue weighted by Gasteiger charge is -2.25. The molecule has 0 aromatic heterocycles. The molecule has 1 fully saturated rings. The van der Waals surface area contributed by atoms with Crippen LogP contribution in [0.2, 0.25) is 5.02 Å². The van der Waals surface area contributed by atoms with Crippen LogP contribution in [0.4, 0.5) is 4.39 Å². The molecule has 0 N–H and O–H groups in total. The molecular formula is C14H15ClFNO2. The summed E-state index contributed by atoms with van der Waals surface area (Å²) in [6, 6.07) is 1.66. The molecule has 1 aromatic carbocycles. The molecular weight excluding hydrogens is 269 g/mol. The normalized spacial score (nSPS) is 17.1. The van der Waals surface area contributed by atoms with Gasteiger partial charge in [0.25, 0.3) is 0 Å². The Morgan fingerprint density at radius 3 is 2.63 bits per heavy atom. The van der Waals surface area contributed by atoms with Gasteiger partial charge in [-0.05, 0) is 31.4 Å². The van der Waals surface area contributed by atoms with Crippen molar-refractivity contribution in [3.8, 4) is 5.75 Å². The van der Waals surface area contributed by atoms with Gasteiger partial charge < -0.3 is 4.74 Å². The van der Waals surface area contributed by atoms with Gasteiger partial charge in [0, 0.05) is 5.56 Å². The van der Waals surface area contributed by atoms with Crippen molar-refractivity contribution in [3.05, 3.63) is 28.0 Å². The molecule has 102 valence electrons. The fourth-order valence-electron chi connectivity index (χ4n) is 2.75. The Kier molecular flexibility index (Phi) is 3.93. The Balaban J connectivity index is 2.67. The zero-order valence-electron chi connectivity index (χ0n) is 10.9. The van der Waals surface area contributed by atoms with Gasteiger partial charge in [-0.15, -0.1) is 0 Å². The van der Waals surface area contributed by atoms with Crippen molar-refractivity contribution in [1.82, 2.24) is 0 Å². The molecule has 0 unspecified atom stereocenters. The second-order valence-corrected chi connectivity index (χ2v) is 5.22. The highest BCUT2D eigenvalue weighted by Crippen LogP contribution is 2.46. The van der Waals surface area contributed by atoms with Gasteiger partial charge in [-0.1, -0.05) is 24.4 Å². The molecule has 2 rings (SSSR count). The van der Waals surface area contributed by atoms with Crippen LogP contribution in [0.15, 0.2) is 11.1 Å². The summed E-state index contributed by atoms with van der Waals surface area (Å²) in [5, 5.41) is 0.256. The summed E-state index contributed by atoms with van der Waals surface area (Å²) in [5.74, 6) is -0.511. The number of halogens is 2. The summed E-state index contributed by atoms with van der Waals surface area (Å²) >= 11 is 6.03. The number of aliphatic imine (C=N–C) groups is 1. The van der Waals surface area contributed by atoms with Crippen LogP contribution in [0.25, 0.3) is 0 Å². The number of rotatable bonds is 3. The highest BCUT2D eigenvalue weighted by molar-refractivity contribution is 6.32. The van der Waals surface area contributed by atoms with Gasteiger partial charge >= 0.3 is 0 Å². The van der Waals surface area contributed by atoms with Crippen LogP contribution in [-0.4, -0.2) is 13.2 Å². The number of benzene rings is 1. The Morgan fingerprint density at radius 2 is 2.11 bits per heavy atom. The van der Waals surface area contributed by atoms with Crippen molar-refractivity contribution in [1.29, 1.82) is 0 Å². The van der Waals surface area contributed by atoms with E-state index in [2.05, 4.69) is 4.99 Å². The van der Waals surface area contributed by atoms with Crippen LogP contribution in [0.3, 0.4) is 0 Å². The first-order valence-electron chi connectivity index (χ1n) is 6.18. The molecule has 1 saturated carbocycles. The average molecular weight is 284 g/mol. The van der Waals surface area contributed by atoms with Gasteiger partial charge in [0.05, 0.1) is 12.1 Å². The van der Waals surface area contributed by atoms with Crippen molar-refractivity contribution < 1.29 is 13.9 Å². The van der Waals surface area contributed by atoms with Crippen LogP contribution in [0.5, 0.6) is 5.75 Å². The molecule has 0 radical (unpaired) electrons. The van der Waals surface area contributed by atoms with Crippen LogP contribution in [0, 0.1) is 12.7 Å². The number of ether oxygens (including phenoxy) is 1. The zero-order chi connectivity index (χ0) is 14.0. The molecule has 0 spiro atoms. The van der Waals surface area contributed by atoms with E-state index in [1.54, 1.807) is 19.1 Å². The van der Waals surface area contributed by atoms with Gasteiger partial charge in [-0.2, -0.15) is 4.99 Å². The molecule has 3 nitrogen and oxygen atoms in total. The summed E-state index contributed by atoms with van der Waals surface area (Å²) in [5.41, 5.74) is 0.281. The van der Waals surface area contributed by atoms with Gasteiger partial charge in [0.1, 0.15) is 5.54 Å². The summed E-state index contributed by atoms with van der Waals surface area (Å²) in [6.45, 7) is 1.78. The first-order chi connectivity index (χ1) is 9.05. The van der Waals surface area contributed by atoms with E-state index in [1.165, 1.54) is 7.11 Å². The lowest BCUT2D eigenvalue weighted by molar-refractivity contribution is 0.368. The molecule has 0 bridgehead atoms. The Hall–Kier alpha value is -1.38. The molecule has 1 aliphatic carbocycles. The highest BCUT2D eigenvalue weighted by Gasteiger charge is 2.39. The lowest BCUT2D eigenvalue weighted by Crippen LogP contribution is -2.21. The van der Waals surface area contributed by atoms with E-state index in [0.29, 0.717) is 24.0 Å². The van der Waals surface area contributed by atoms with E-state index in [0.717, 1.165) is 12.8 Å². The van der Waals surface area contributed by atoms with E-state index >= 15 is 0 Å². The van der Waals surface area contributed by atoms with E-state index in [-0.39, 0.29) is 10.8 Å². The Morgan fingerprint density at radius 1 is 1.47 bits per heavy atom. The SMILES string of the molecule is COc1c(F)c(C2(N=C=O)CCCC2)cc(C)c1Cl. The van der Waals surface area contributed by atoms with E-state index in [4.69, 9.17) is 16.3 Å². The summed E-state index contributed by atoms with van der Waals surface area (Å²) in [7, 11) is 1.37. The number of carbonyl (C=O) groups excluding carboxylic acids is 1. The maximum atomic E-state index is 14.5. The Labute approximate surface area is 116 Å². The minimum atomic E-state index is -0.811. The van der Waals surface area contributed by atoms with Crippen molar-refractivity contribution >= 4 is 17.7 Å². The highest BCUT2D eigenvalue weighted by atomic mass is 35.5. The molecule has 0 heterocycles. The van der Waals surface area contributed by atoms with Crippen molar-refractivity contribution in [3.63, 3.8) is 0 Å². The van der Waals surface area contributed by atoms with Crippen LogP contribution >= 0.6 is 11.6 Å². The van der Waals surface area contributed by atoms with E-state index in [9.17, 15) is 9.18 Å². The first-order valence-corrected chi connectivity index (χ1v) is 6.55. The van der Waals surface area contributed by atoms with Gasteiger partial charge in [-0.25, -0.2) is 9.18 Å². The van der Waals surface area contributed by atoms with Crippen molar-refractivity contribution in [2.75, 3.05) is 7.11 Å². The lowest BCUT2D eigenvalue weighted by atomic mass is 9.87. The molecule has 1 aromatic rings. The Bertz CT molecular complexity index is 547.